The summed E-state index contributed by atoms with van der Waals surface area (Å²) in [5, 5.41) is 5.53. The lowest BCUT2D eigenvalue weighted by atomic mass is 9.95. The van der Waals surface area contributed by atoms with Crippen molar-refractivity contribution in [3.8, 4) is 0 Å². The minimum absolute atomic E-state index is 0.0551. The highest BCUT2D eigenvalue weighted by Crippen LogP contribution is 2.20. The molecule has 2 amide bonds. The zero-order valence-electron chi connectivity index (χ0n) is 13.9. The summed E-state index contributed by atoms with van der Waals surface area (Å²) in [6.45, 7) is 4.54. The minimum Gasteiger partial charge on any atom is -0.358 e. The van der Waals surface area contributed by atoms with Gasteiger partial charge in [0.2, 0.25) is 11.8 Å². The van der Waals surface area contributed by atoms with E-state index in [9.17, 15) is 9.59 Å². The third-order valence-electron chi connectivity index (χ3n) is 3.93. The van der Waals surface area contributed by atoms with E-state index in [1.807, 2.05) is 25.1 Å². The Hall–Kier alpha value is -1.88. The number of carbonyl (C=O) groups excluding carboxylic acids is 2. The Morgan fingerprint density at radius 1 is 1.18 bits per heavy atom. The third-order valence-corrected chi connectivity index (χ3v) is 3.93. The second kappa shape index (κ2) is 9.20. The van der Waals surface area contributed by atoms with Crippen LogP contribution in [0.5, 0.6) is 0 Å². The van der Waals surface area contributed by atoms with Crippen LogP contribution in [0.2, 0.25) is 0 Å². The number of hydrogen-bond acceptors (Lipinski definition) is 3. The van der Waals surface area contributed by atoms with Crippen LogP contribution in [0, 0.1) is 0 Å². The van der Waals surface area contributed by atoms with Gasteiger partial charge in [0.1, 0.15) is 0 Å². The lowest BCUT2D eigenvalue weighted by molar-refractivity contribution is -0.137. The predicted octanol–water partition coefficient (Wildman–Crippen LogP) is 1.36. The molecule has 2 unspecified atom stereocenters. The quantitative estimate of drug-likeness (QED) is 0.762. The fourth-order valence-electron chi connectivity index (χ4n) is 2.34. The van der Waals surface area contributed by atoms with Crippen molar-refractivity contribution in [2.75, 3.05) is 27.2 Å². The standard InChI is InChI=1S/C17H27N3O2/c1-5-14(15-9-7-6-8-10-15)11-20(12-16(21)19-4)17(22)13(2)18-3/h6-10,13-14,18H,5,11-12H2,1-4H3,(H,19,21). The van der Waals surface area contributed by atoms with Crippen LogP contribution in [0.25, 0.3) is 0 Å². The molecule has 0 aliphatic carbocycles. The van der Waals surface area contributed by atoms with Crippen molar-refractivity contribution in [3.63, 3.8) is 0 Å². The molecule has 0 bridgehead atoms. The summed E-state index contributed by atoms with van der Waals surface area (Å²) < 4.78 is 0. The SMILES string of the molecule is CCC(CN(CC(=O)NC)C(=O)C(C)NC)c1ccccc1. The van der Waals surface area contributed by atoms with E-state index >= 15 is 0 Å². The number of nitrogens with zero attached hydrogens (tertiary/aromatic N) is 1. The van der Waals surface area contributed by atoms with E-state index in [1.54, 1.807) is 19.0 Å². The molecule has 0 fully saturated rings. The Kier molecular flexibility index (Phi) is 7.60. The number of nitrogens with one attached hydrogen (secondary N) is 2. The van der Waals surface area contributed by atoms with Crippen molar-refractivity contribution in [1.82, 2.24) is 15.5 Å². The van der Waals surface area contributed by atoms with E-state index in [1.165, 1.54) is 5.56 Å². The molecule has 0 aromatic heterocycles. The Balaban J connectivity index is 2.90. The molecular weight excluding hydrogens is 278 g/mol. The van der Waals surface area contributed by atoms with Crippen molar-refractivity contribution >= 4 is 11.8 Å². The molecule has 1 aromatic carbocycles. The normalized spacial score (nSPS) is 13.3. The number of carbonyl (C=O) groups is 2. The molecule has 0 radical (unpaired) electrons. The van der Waals surface area contributed by atoms with Crippen molar-refractivity contribution < 1.29 is 9.59 Å². The minimum atomic E-state index is -0.307. The first-order valence-electron chi connectivity index (χ1n) is 7.75. The molecule has 5 nitrogen and oxygen atoms in total. The predicted molar refractivity (Wildman–Crippen MR) is 88.6 cm³/mol. The monoisotopic (exact) mass is 305 g/mol. The first-order chi connectivity index (χ1) is 10.5. The summed E-state index contributed by atoms with van der Waals surface area (Å²) in [5.41, 5.74) is 1.19. The van der Waals surface area contributed by atoms with E-state index in [4.69, 9.17) is 0 Å². The van der Waals surface area contributed by atoms with Crippen molar-refractivity contribution in [1.29, 1.82) is 0 Å². The zero-order chi connectivity index (χ0) is 16.5. The smallest absolute Gasteiger partial charge is 0.239 e. The number of hydrogen-bond donors (Lipinski definition) is 2. The Bertz CT molecular complexity index is 476. The second-order valence-corrected chi connectivity index (χ2v) is 5.42. The van der Waals surface area contributed by atoms with Gasteiger partial charge in [0.25, 0.3) is 0 Å². The Morgan fingerprint density at radius 2 is 1.82 bits per heavy atom. The van der Waals surface area contributed by atoms with Crippen LogP contribution in [-0.4, -0.2) is 49.9 Å². The zero-order valence-corrected chi connectivity index (χ0v) is 13.9. The molecular formula is C17H27N3O2. The second-order valence-electron chi connectivity index (χ2n) is 5.42. The first-order valence-corrected chi connectivity index (χ1v) is 7.75. The molecule has 5 heteroatoms. The highest BCUT2D eigenvalue weighted by atomic mass is 16.2. The largest absolute Gasteiger partial charge is 0.358 e. The van der Waals surface area contributed by atoms with Gasteiger partial charge < -0.3 is 15.5 Å². The van der Waals surface area contributed by atoms with Gasteiger partial charge >= 0.3 is 0 Å². The first kappa shape index (κ1) is 18.2. The number of amides is 2. The van der Waals surface area contributed by atoms with Gasteiger partial charge in [-0.25, -0.2) is 0 Å². The average Bonchev–Trinajstić information content (AvgIpc) is 2.57. The van der Waals surface area contributed by atoms with Crippen LogP contribution in [0.15, 0.2) is 30.3 Å². The van der Waals surface area contributed by atoms with E-state index in [0.717, 1.165) is 6.42 Å². The van der Waals surface area contributed by atoms with Crippen LogP contribution >= 0.6 is 0 Å². The van der Waals surface area contributed by atoms with Gasteiger partial charge in [-0.3, -0.25) is 9.59 Å². The molecule has 2 atom stereocenters. The van der Waals surface area contributed by atoms with E-state index < -0.39 is 0 Å². The van der Waals surface area contributed by atoms with E-state index in [-0.39, 0.29) is 30.3 Å². The maximum absolute atomic E-state index is 12.5. The van der Waals surface area contributed by atoms with Gasteiger partial charge in [0.15, 0.2) is 0 Å². The number of benzene rings is 1. The van der Waals surface area contributed by atoms with Crippen molar-refractivity contribution in [3.05, 3.63) is 35.9 Å². The molecule has 0 aliphatic rings. The molecule has 0 spiro atoms. The van der Waals surface area contributed by atoms with Crippen LogP contribution in [0.3, 0.4) is 0 Å². The summed E-state index contributed by atoms with van der Waals surface area (Å²) in [6, 6.07) is 9.81. The van der Waals surface area contributed by atoms with Crippen LogP contribution in [-0.2, 0) is 9.59 Å². The summed E-state index contributed by atoms with van der Waals surface area (Å²) in [4.78, 5) is 25.9. The van der Waals surface area contributed by atoms with Gasteiger partial charge in [-0.05, 0) is 26.0 Å². The molecule has 1 rings (SSSR count). The lowest BCUT2D eigenvalue weighted by Crippen LogP contribution is -2.48. The van der Waals surface area contributed by atoms with Gasteiger partial charge in [-0.15, -0.1) is 0 Å². The fourth-order valence-corrected chi connectivity index (χ4v) is 2.34. The molecule has 0 saturated heterocycles. The molecule has 2 N–H and O–H groups in total. The Labute approximate surface area is 133 Å². The van der Waals surface area contributed by atoms with Gasteiger partial charge in [0, 0.05) is 19.5 Å². The van der Waals surface area contributed by atoms with E-state index in [2.05, 4.69) is 29.7 Å². The molecule has 22 heavy (non-hydrogen) atoms. The summed E-state index contributed by atoms with van der Waals surface area (Å²) >= 11 is 0. The average molecular weight is 305 g/mol. The Morgan fingerprint density at radius 3 is 2.32 bits per heavy atom. The number of likely N-dealkylation sites (N-methyl/N-ethyl adjacent to an activating group) is 2. The fraction of sp³-hybridized carbons (Fsp3) is 0.529. The van der Waals surface area contributed by atoms with E-state index in [0.29, 0.717) is 6.54 Å². The van der Waals surface area contributed by atoms with Crippen LogP contribution < -0.4 is 10.6 Å². The van der Waals surface area contributed by atoms with Crippen molar-refractivity contribution in [2.24, 2.45) is 0 Å². The topological polar surface area (TPSA) is 61.4 Å². The molecule has 0 heterocycles. The molecule has 0 saturated carbocycles. The van der Waals surface area contributed by atoms with Gasteiger partial charge in [-0.2, -0.15) is 0 Å². The highest BCUT2D eigenvalue weighted by Gasteiger charge is 2.24. The lowest BCUT2D eigenvalue weighted by Gasteiger charge is -2.29. The molecule has 0 aliphatic heterocycles. The highest BCUT2D eigenvalue weighted by molar-refractivity contribution is 5.87. The maximum Gasteiger partial charge on any atom is 0.239 e. The summed E-state index contributed by atoms with van der Waals surface area (Å²) in [6.07, 6.45) is 0.912. The van der Waals surface area contributed by atoms with Gasteiger partial charge in [-0.1, -0.05) is 37.3 Å². The third kappa shape index (κ3) is 5.15. The van der Waals surface area contributed by atoms with Crippen LogP contribution in [0.1, 0.15) is 31.7 Å². The van der Waals surface area contributed by atoms with Crippen LogP contribution in [0.4, 0.5) is 0 Å². The molecule has 1 aromatic rings. The molecule has 122 valence electrons. The summed E-state index contributed by atoms with van der Waals surface area (Å²) in [7, 11) is 3.33. The number of rotatable bonds is 8. The van der Waals surface area contributed by atoms with Gasteiger partial charge in [0.05, 0.1) is 12.6 Å². The summed E-state index contributed by atoms with van der Waals surface area (Å²) in [5.74, 6) is 0.0129. The van der Waals surface area contributed by atoms with Crippen molar-refractivity contribution in [2.45, 2.75) is 32.2 Å². The maximum atomic E-state index is 12.5.